The van der Waals surface area contributed by atoms with Crippen molar-refractivity contribution in [3.63, 3.8) is 0 Å². The van der Waals surface area contributed by atoms with Gasteiger partial charge in [0.05, 0.1) is 12.5 Å². The van der Waals surface area contributed by atoms with Gasteiger partial charge in [-0.05, 0) is 34.1 Å². The Balaban J connectivity index is 3.34. The minimum absolute atomic E-state index is 0.0133. The van der Waals surface area contributed by atoms with Gasteiger partial charge in [0.15, 0.2) is 0 Å². The van der Waals surface area contributed by atoms with E-state index < -0.39 is 5.41 Å². The van der Waals surface area contributed by atoms with Crippen LogP contribution < -0.4 is 0 Å². The molecule has 0 saturated carbocycles. The van der Waals surface area contributed by atoms with E-state index in [1.54, 1.807) is 7.05 Å². The average Bonchev–Trinajstić information content (AvgIpc) is 2.35. The molecule has 1 amide bonds. The first-order valence-corrected chi connectivity index (χ1v) is 7.14. The monoisotopic (exact) mass is 277 g/mol. The summed E-state index contributed by atoms with van der Waals surface area (Å²) in [4.78, 5) is 17.9. The second-order valence-electron chi connectivity index (χ2n) is 5.83. The van der Waals surface area contributed by atoms with Crippen LogP contribution in [0.15, 0.2) is 34.9 Å². The van der Waals surface area contributed by atoms with E-state index in [0.29, 0.717) is 0 Å². The second-order valence-corrected chi connectivity index (χ2v) is 5.83. The second kappa shape index (κ2) is 6.40. The summed E-state index contributed by atoms with van der Waals surface area (Å²) in [6.07, 6.45) is 7.41. The molecule has 0 aliphatic heterocycles. The molecule has 0 aromatic carbocycles. The molecule has 1 aliphatic carbocycles. The zero-order chi connectivity index (χ0) is 15.5. The fraction of sp³-hybridized carbons (Fsp3) is 0.588. The molecule has 0 aromatic heterocycles. The highest BCUT2D eigenvalue weighted by molar-refractivity contribution is 5.85. The van der Waals surface area contributed by atoms with Gasteiger partial charge in [-0.2, -0.15) is 0 Å². The summed E-state index contributed by atoms with van der Waals surface area (Å²) in [6.45, 7) is 10.4. The Kier molecular flexibility index (Phi) is 5.35. The highest BCUT2D eigenvalue weighted by Gasteiger charge is 2.44. The lowest BCUT2D eigenvalue weighted by Gasteiger charge is -2.40. The highest BCUT2D eigenvalue weighted by Crippen LogP contribution is 2.44. The summed E-state index contributed by atoms with van der Waals surface area (Å²) in [6, 6.07) is 0. The van der Waals surface area contributed by atoms with Crippen LogP contribution in [-0.4, -0.2) is 25.1 Å². The third kappa shape index (κ3) is 3.04. The van der Waals surface area contributed by atoms with Crippen molar-refractivity contribution in [2.75, 3.05) is 14.2 Å². The Hall–Kier alpha value is -1.35. The Morgan fingerprint density at radius 3 is 2.60 bits per heavy atom. The lowest BCUT2D eigenvalue weighted by atomic mass is 9.65. The smallest absolute Gasteiger partial charge is 0.256 e. The molecule has 0 fully saturated rings. The van der Waals surface area contributed by atoms with Gasteiger partial charge in [0.2, 0.25) is 0 Å². The van der Waals surface area contributed by atoms with Crippen molar-refractivity contribution in [3.8, 4) is 0 Å². The summed E-state index contributed by atoms with van der Waals surface area (Å²) >= 11 is 0. The lowest BCUT2D eigenvalue weighted by molar-refractivity contribution is -0.178. The number of hydroxylamine groups is 2. The van der Waals surface area contributed by atoms with E-state index in [1.807, 2.05) is 13.8 Å². The van der Waals surface area contributed by atoms with Crippen LogP contribution in [0.3, 0.4) is 0 Å². The molecule has 0 spiro atoms. The van der Waals surface area contributed by atoms with Gasteiger partial charge in [-0.15, -0.1) is 0 Å². The van der Waals surface area contributed by atoms with E-state index in [-0.39, 0.29) is 11.8 Å². The van der Waals surface area contributed by atoms with Crippen molar-refractivity contribution >= 4 is 5.91 Å². The highest BCUT2D eigenvalue weighted by atomic mass is 16.7. The fourth-order valence-electron chi connectivity index (χ4n) is 3.39. The van der Waals surface area contributed by atoms with Gasteiger partial charge >= 0.3 is 0 Å². The third-order valence-electron chi connectivity index (χ3n) is 4.04. The molecule has 1 rings (SSSR count). The summed E-state index contributed by atoms with van der Waals surface area (Å²) in [5.41, 5.74) is 3.00. The van der Waals surface area contributed by atoms with E-state index >= 15 is 0 Å². The van der Waals surface area contributed by atoms with Gasteiger partial charge in [0, 0.05) is 13.0 Å². The van der Waals surface area contributed by atoms with Gasteiger partial charge in [0.25, 0.3) is 5.91 Å². The lowest BCUT2D eigenvalue weighted by Crippen LogP contribution is -2.45. The molecule has 0 bridgehead atoms. The quantitative estimate of drug-likeness (QED) is 0.576. The molecule has 3 heteroatoms. The normalized spacial score (nSPS) is 26.9. The van der Waals surface area contributed by atoms with E-state index in [0.717, 1.165) is 12.0 Å². The number of carbonyl (C=O) groups excluding carboxylic acids is 1. The number of amides is 1. The molecule has 0 unspecified atom stereocenters. The number of allylic oxidation sites excluding steroid dienone is 5. The molecule has 0 radical (unpaired) electrons. The molecule has 20 heavy (non-hydrogen) atoms. The van der Waals surface area contributed by atoms with Crippen molar-refractivity contribution in [2.24, 2.45) is 11.3 Å². The van der Waals surface area contributed by atoms with E-state index in [9.17, 15) is 4.79 Å². The van der Waals surface area contributed by atoms with Gasteiger partial charge in [-0.25, -0.2) is 5.06 Å². The Labute approximate surface area is 122 Å². The zero-order valence-electron chi connectivity index (χ0n) is 13.8. The van der Waals surface area contributed by atoms with Gasteiger partial charge in [-0.1, -0.05) is 41.9 Å². The van der Waals surface area contributed by atoms with Crippen LogP contribution >= 0.6 is 0 Å². The van der Waals surface area contributed by atoms with Gasteiger partial charge < -0.3 is 0 Å². The molecule has 1 aliphatic rings. The van der Waals surface area contributed by atoms with Crippen LogP contribution in [0, 0.1) is 11.3 Å². The zero-order valence-corrected chi connectivity index (χ0v) is 13.8. The molecule has 3 nitrogen and oxygen atoms in total. The van der Waals surface area contributed by atoms with Crippen molar-refractivity contribution in [1.29, 1.82) is 0 Å². The number of rotatable bonds is 4. The molecule has 0 saturated heterocycles. The van der Waals surface area contributed by atoms with Gasteiger partial charge in [-0.3, -0.25) is 9.63 Å². The Bertz CT molecular complexity index is 473. The van der Waals surface area contributed by atoms with Crippen molar-refractivity contribution < 1.29 is 9.63 Å². The standard InChI is InChI=1S/C17H27NO2/c1-8-9-13(3)15-14(4)10-12(2)11-17(15,5)16(19)18(6)20-7/h9-11,15H,8H2,1-7H3/b13-9+/t15-,17+/m1/s1. The van der Waals surface area contributed by atoms with Crippen LogP contribution in [0.25, 0.3) is 0 Å². The largest absolute Gasteiger partial charge is 0.275 e. The number of carbonyl (C=O) groups is 1. The fourth-order valence-corrected chi connectivity index (χ4v) is 3.39. The maximum absolute atomic E-state index is 12.8. The summed E-state index contributed by atoms with van der Waals surface area (Å²) in [5.74, 6) is 0.0805. The summed E-state index contributed by atoms with van der Waals surface area (Å²) in [7, 11) is 3.19. The number of hydrogen-bond acceptors (Lipinski definition) is 2. The Morgan fingerprint density at radius 1 is 1.50 bits per heavy atom. The van der Waals surface area contributed by atoms with E-state index in [2.05, 4.69) is 39.0 Å². The van der Waals surface area contributed by atoms with Gasteiger partial charge in [0.1, 0.15) is 0 Å². The predicted molar refractivity (Wildman–Crippen MR) is 82.9 cm³/mol. The van der Waals surface area contributed by atoms with Crippen LogP contribution in [0.5, 0.6) is 0 Å². The molecule has 0 heterocycles. The van der Waals surface area contributed by atoms with Crippen molar-refractivity contribution in [1.82, 2.24) is 5.06 Å². The van der Waals surface area contributed by atoms with Crippen LogP contribution in [-0.2, 0) is 9.63 Å². The first kappa shape index (κ1) is 16.7. The maximum atomic E-state index is 12.8. The Morgan fingerprint density at radius 2 is 2.10 bits per heavy atom. The predicted octanol–water partition coefficient (Wildman–Crippen LogP) is 3.89. The van der Waals surface area contributed by atoms with Crippen LogP contribution in [0.2, 0.25) is 0 Å². The number of hydrogen-bond donors (Lipinski definition) is 0. The average molecular weight is 277 g/mol. The minimum Gasteiger partial charge on any atom is -0.275 e. The first-order valence-electron chi connectivity index (χ1n) is 7.14. The molecular formula is C17H27NO2. The molecule has 0 aromatic rings. The van der Waals surface area contributed by atoms with Crippen molar-refractivity contribution in [2.45, 2.75) is 41.0 Å². The maximum Gasteiger partial charge on any atom is 0.256 e. The minimum atomic E-state index is -0.594. The molecule has 0 N–H and O–H groups in total. The molecule has 112 valence electrons. The van der Waals surface area contributed by atoms with E-state index in [4.69, 9.17) is 4.84 Å². The van der Waals surface area contributed by atoms with Crippen LogP contribution in [0.1, 0.15) is 41.0 Å². The SMILES string of the molecule is CC/C=C(\C)[C@@H]1C(C)=CC(C)=C[C@]1(C)C(=O)N(C)OC. The van der Waals surface area contributed by atoms with Crippen LogP contribution in [0.4, 0.5) is 0 Å². The van der Waals surface area contributed by atoms with Crippen molar-refractivity contribution in [3.05, 3.63) is 34.9 Å². The first-order chi connectivity index (χ1) is 9.27. The number of nitrogens with zero attached hydrogens (tertiary/aromatic N) is 1. The molecular weight excluding hydrogens is 250 g/mol. The topological polar surface area (TPSA) is 29.5 Å². The molecule has 2 atom stereocenters. The summed E-state index contributed by atoms with van der Waals surface area (Å²) in [5, 5.41) is 1.33. The van der Waals surface area contributed by atoms with E-state index in [1.165, 1.54) is 23.3 Å². The summed E-state index contributed by atoms with van der Waals surface area (Å²) < 4.78 is 0. The third-order valence-corrected chi connectivity index (χ3v) is 4.04.